The zero-order valence-corrected chi connectivity index (χ0v) is 26.7. The summed E-state index contributed by atoms with van der Waals surface area (Å²) in [5.41, 5.74) is 4.80. The van der Waals surface area contributed by atoms with E-state index >= 15 is 0 Å². The number of ether oxygens (including phenoxy) is 2. The summed E-state index contributed by atoms with van der Waals surface area (Å²) in [5.74, 6) is 0.976. The molecule has 1 saturated carbocycles. The van der Waals surface area contributed by atoms with Gasteiger partial charge in [-0.15, -0.1) is 0 Å². The third-order valence-electron chi connectivity index (χ3n) is 11.3. The van der Waals surface area contributed by atoms with Gasteiger partial charge in [0.2, 0.25) is 10.0 Å². The van der Waals surface area contributed by atoms with Gasteiger partial charge in [0, 0.05) is 36.2 Å². The van der Waals surface area contributed by atoms with Crippen LogP contribution in [-0.2, 0) is 26.6 Å². The highest BCUT2D eigenvalue weighted by atomic mass is 35.5. The van der Waals surface area contributed by atoms with Crippen molar-refractivity contribution in [3.8, 4) is 5.75 Å². The second-order valence-corrected chi connectivity index (χ2v) is 16.1. The summed E-state index contributed by atoms with van der Waals surface area (Å²) < 4.78 is 41.9. The number of sulfonamides is 1. The summed E-state index contributed by atoms with van der Waals surface area (Å²) in [5, 5.41) is 0.0356. The molecule has 1 spiro atoms. The van der Waals surface area contributed by atoms with Crippen LogP contribution in [0.2, 0.25) is 5.02 Å². The number of halogens is 1. The van der Waals surface area contributed by atoms with Crippen LogP contribution >= 0.6 is 11.6 Å². The molecule has 230 valence electrons. The van der Waals surface area contributed by atoms with Crippen molar-refractivity contribution in [1.29, 1.82) is 0 Å². The molecule has 0 aromatic heterocycles. The predicted octanol–water partition coefficient (Wildman–Crippen LogP) is 5.90. The molecule has 43 heavy (non-hydrogen) atoms. The number of nitrogens with zero attached hydrogens (tertiary/aromatic N) is 1. The first kappa shape index (κ1) is 29.2. The predicted molar refractivity (Wildman–Crippen MR) is 168 cm³/mol. The highest BCUT2D eigenvalue weighted by molar-refractivity contribution is 7.90. The Hall–Kier alpha value is -2.55. The second kappa shape index (κ2) is 10.8. The van der Waals surface area contributed by atoms with Crippen LogP contribution in [0.1, 0.15) is 67.4 Å². The Kier molecular flexibility index (Phi) is 7.34. The van der Waals surface area contributed by atoms with E-state index < -0.39 is 21.2 Å². The van der Waals surface area contributed by atoms with Crippen molar-refractivity contribution in [2.45, 2.75) is 69.1 Å². The molecular formula is C34H41ClN2O5S. The summed E-state index contributed by atoms with van der Waals surface area (Å²) in [4.78, 5) is 15.9. The van der Waals surface area contributed by atoms with E-state index in [0.717, 1.165) is 68.1 Å². The fourth-order valence-corrected chi connectivity index (χ4v) is 9.86. The Morgan fingerprint density at radius 3 is 2.70 bits per heavy atom. The highest BCUT2D eigenvalue weighted by Gasteiger charge is 2.47. The summed E-state index contributed by atoms with van der Waals surface area (Å²) in [7, 11) is -2.08. The maximum atomic E-state index is 13.4. The van der Waals surface area contributed by atoms with Gasteiger partial charge in [0.25, 0.3) is 5.91 Å². The lowest BCUT2D eigenvalue weighted by Gasteiger charge is -2.48. The number of aryl methyl sites for hydroxylation is 1. The molecule has 8 rings (SSSR count). The van der Waals surface area contributed by atoms with E-state index in [-0.39, 0.29) is 23.4 Å². The molecule has 6 aliphatic rings. The van der Waals surface area contributed by atoms with Crippen LogP contribution < -0.4 is 14.4 Å². The second-order valence-electron chi connectivity index (χ2n) is 13.6. The zero-order chi connectivity index (χ0) is 30.1. The Balaban J connectivity index is 1.32. The normalized spacial score (nSPS) is 34.7. The molecule has 2 aromatic carbocycles. The first-order chi connectivity index (χ1) is 20.6. The van der Waals surface area contributed by atoms with Crippen LogP contribution in [-0.4, -0.2) is 52.5 Å². The van der Waals surface area contributed by atoms with Crippen molar-refractivity contribution in [3.63, 3.8) is 0 Å². The van der Waals surface area contributed by atoms with Crippen LogP contribution in [0.5, 0.6) is 5.75 Å². The third-order valence-corrected chi connectivity index (χ3v) is 13.4. The molecule has 2 aromatic rings. The maximum absolute atomic E-state index is 13.4. The molecule has 1 amide bonds. The Bertz CT molecular complexity index is 1590. The van der Waals surface area contributed by atoms with Gasteiger partial charge >= 0.3 is 0 Å². The van der Waals surface area contributed by atoms with Gasteiger partial charge in [-0.25, -0.2) is 13.1 Å². The third kappa shape index (κ3) is 4.98. The summed E-state index contributed by atoms with van der Waals surface area (Å²) in [6, 6.07) is 11.6. The largest absolute Gasteiger partial charge is 0.490 e. The van der Waals surface area contributed by atoms with Crippen LogP contribution in [0, 0.1) is 23.7 Å². The molecular weight excluding hydrogens is 584 g/mol. The average Bonchev–Trinajstić information content (AvgIpc) is 3.09. The topological polar surface area (TPSA) is 84.9 Å². The molecule has 3 aliphatic carbocycles. The monoisotopic (exact) mass is 624 g/mol. The van der Waals surface area contributed by atoms with E-state index in [1.54, 1.807) is 20.1 Å². The van der Waals surface area contributed by atoms with E-state index in [2.05, 4.69) is 27.8 Å². The number of hydrogen-bond donors (Lipinski definition) is 1. The molecule has 7 nitrogen and oxygen atoms in total. The van der Waals surface area contributed by atoms with Gasteiger partial charge in [0.05, 0.1) is 23.6 Å². The number of nitrogens with one attached hydrogen (secondary N) is 1. The number of amides is 1. The molecule has 4 bridgehead atoms. The minimum Gasteiger partial charge on any atom is -0.490 e. The summed E-state index contributed by atoms with van der Waals surface area (Å²) >= 11 is 6.42. The Labute approximate surface area is 260 Å². The van der Waals surface area contributed by atoms with Crippen LogP contribution in [0.3, 0.4) is 0 Å². The summed E-state index contributed by atoms with van der Waals surface area (Å²) in [6.07, 6.45) is 8.38. The minimum atomic E-state index is -3.89. The average molecular weight is 625 g/mol. The van der Waals surface area contributed by atoms with Crippen LogP contribution in [0.4, 0.5) is 5.69 Å². The number of carbonyl (C=O) groups excluding carboxylic acids is 1. The standard InChI is InChI=1S/C34H41ClN2O5S/c1-20-21(2)43(39,40)36-33(38)23-7-11-31-30(16-23)37(17-24-6-9-28(24)32(41-3)26-13-25(20)14-26)18-34(19-42-31)12-4-5-22-15-27(35)8-10-29(22)34/h7-8,10-11,13,15-16,20-21,24-25,28,32H,4-6,9,12,14,17-19H2,1-3H3,(H,36,38)/t20-,21-,24+,25+,28-,32+,34+/m1/s1. The van der Waals surface area contributed by atoms with Crippen molar-refractivity contribution in [1.82, 2.24) is 4.72 Å². The number of anilines is 1. The number of benzene rings is 2. The molecule has 0 saturated heterocycles. The lowest BCUT2D eigenvalue weighted by atomic mass is 9.64. The quantitative estimate of drug-likeness (QED) is 0.398. The fraction of sp³-hybridized carbons (Fsp3) is 0.559. The molecule has 7 atom stereocenters. The van der Waals surface area contributed by atoms with Crippen LogP contribution in [0.15, 0.2) is 48.0 Å². The number of hydrogen-bond acceptors (Lipinski definition) is 6. The molecule has 1 N–H and O–H groups in total. The van der Waals surface area contributed by atoms with Gasteiger partial charge in [-0.1, -0.05) is 30.7 Å². The molecule has 3 heterocycles. The fourth-order valence-electron chi connectivity index (χ4n) is 8.33. The van der Waals surface area contributed by atoms with Crippen molar-refractivity contribution in [2.24, 2.45) is 23.7 Å². The van der Waals surface area contributed by atoms with Crippen molar-refractivity contribution >= 4 is 33.2 Å². The molecule has 0 radical (unpaired) electrons. The SMILES string of the molecule is CO[C@H]1C2=C[C@@H](C2)[C@H](C)[C@@H](C)S(=O)(=O)NC(=O)c2ccc3c(c2)N(C[C@@H]2CC[C@H]21)C[C@@]1(CCCc2cc(Cl)ccc21)CO3. The lowest BCUT2D eigenvalue weighted by Crippen LogP contribution is -2.50. The number of rotatable bonds is 1. The van der Waals surface area contributed by atoms with E-state index in [0.29, 0.717) is 24.0 Å². The molecule has 9 heteroatoms. The minimum absolute atomic E-state index is 0.0438. The van der Waals surface area contributed by atoms with Crippen LogP contribution in [0.25, 0.3) is 0 Å². The van der Waals surface area contributed by atoms with Gasteiger partial charge in [-0.3, -0.25) is 4.79 Å². The van der Waals surface area contributed by atoms with E-state index in [1.165, 1.54) is 16.7 Å². The van der Waals surface area contributed by atoms with Gasteiger partial charge in [0.1, 0.15) is 5.75 Å². The number of methoxy groups -OCH3 is 1. The van der Waals surface area contributed by atoms with E-state index in [1.807, 2.05) is 25.1 Å². The lowest BCUT2D eigenvalue weighted by molar-refractivity contribution is -0.000490. The van der Waals surface area contributed by atoms with Gasteiger partial charge in [-0.05, 0) is 116 Å². The number of carbonyl (C=O) groups is 1. The highest BCUT2D eigenvalue weighted by Crippen LogP contribution is 2.49. The van der Waals surface area contributed by atoms with Crippen molar-refractivity contribution in [2.75, 3.05) is 31.7 Å². The smallest absolute Gasteiger partial charge is 0.264 e. The van der Waals surface area contributed by atoms with E-state index in [4.69, 9.17) is 21.1 Å². The Morgan fingerprint density at radius 1 is 1.14 bits per heavy atom. The number of fused-ring (bicyclic) bond motifs is 6. The summed E-state index contributed by atoms with van der Waals surface area (Å²) in [6.45, 7) is 5.77. The van der Waals surface area contributed by atoms with E-state index in [9.17, 15) is 13.2 Å². The Morgan fingerprint density at radius 2 is 1.95 bits per heavy atom. The first-order valence-electron chi connectivity index (χ1n) is 15.7. The van der Waals surface area contributed by atoms with Gasteiger partial charge in [0.15, 0.2) is 0 Å². The van der Waals surface area contributed by atoms with Gasteiger partial charge in [-0.2, -0.15) is 0 Å². The molecule has 3 aliphatic heterocycles. The molecule has 0 unspecified atom stereocenters. The zero-order valence-electron chi connectivity index (χ0n) is 25.1. The maximum Gasteiger partial charge on any atom is 0.264 e. The van der Waals surface area contributed by atoms with Crippen molar-refractivity contribution < 1.29 is 22.7 Å². The van der Waals surface area contributed by atoms with Gasteiger partial charge < -0.3 is 14.4 Å². The molecule has 1 fully saturated rings. The first-order valence-corrected chi connectivity index (χ1v) is 17.6. The number of allylic oxidation sites excluding steroid dienone is 1. The van der Waals surface area contributed by atoms with Crippen molar-refractivity contribution in [3.05, 3.63) is 69.8 Å².